The van der Waals surface area contributed by atoms with Gasteiger partial charge in [0.25, 0.3) is 0 Å². The Morgan fingerprint density at radius 3 is 3.08 bits per heavy atom. The third kappa shape index (κ3) is 1.16. The van der Waals surface area contributed by atoms with Gasteiger partial charge < -0.3 is 5.11 Å². The van der Waals surface area contributed by atoms with Gasteiger partial charge in [-0.2, -0.15) is 4.37 Å². The van der Waals surface area contributed by atoms with Gasteiger partial charge in [-0.05, 0) is 23.7 Å². The van der Waals surface area contributed by atoms with E-state index in [1.165, 1.54) is 11.5 Å². The Morgan fingerprint density at radius 1 is 1.50 bits per heavy atom. The quantitative estimate of drug-likeness (QED) is 0.836. The lowest BCUT2D eigenvalue weighted by molar-refractivity contribution is 0.279. The van der Waals surface area contributed by atoms with E-state index in [2.05, 4.69) is 20.3 Å². The predicted octanol–water partition coefficient (Wildman–Crippen LogP) is 2.55. The van der Waals surface area contributed by atoms with Crippen LogP contribution < -0.4 is 0 Å². The zero-order valence-electron chi connectivity index (χ0n) is 6.12. The first-order valence-corrected chi connectivity index (χ1v) is 5.03. The molecule has 0 bridgehead atoms. The van der Waals surface area contributed by atoms with Crippen LogP contribution in [0.4, 0.5) is 0 Å². The lowest BCUT2D eigenvalue weighted by Gasteiger charge is -1.94. The van der Waals surface area contributed by atoms with Crippen LogP contribution in [0.5, 0.6) is 0 Å². The van der Waals surface area contributed by atoms with Gasteiger partial charge in [0.1, 0.15) is 0 Å². The fourth-order valence-electron chi connectivity index (χ4n) is 1.12. The van der Waals surface area contributed by atoms with Crippen LogP contribution in [0.25, 0.3) is 10.1 Å². The summed E-state index contributed by atoms with van der Waals surface area (Å²) in [6.45, 7) is 0.00259. The number of hydrogen-bond acceptors (Lipinski definition) is 3. The largest absolute Gasteiger partial charge is 0.390 e. The molecule has 0 amide bonds. The number of aliphatic hydroxyl groups is 1. The Morgan fingerprint density at radius 2 is 2.33 bits per heavy atom. The van der Waals surface area contributed by atoms with E-state index >= 15 is 0 Å². The minimum atomic E-state index is 0.00259. The summed E-state index contributed by atoms with van der Waals surface area (Å²) < 4.78 is 6.24. The maximum atomic E-state index is 8.97. The fraction of sp³-hybridized carbons (Fsp3) is 0.125. The third-order valence-corrected chi connectivity index (χ3v) is 3.18. The van der Waals surface area contributed by atoms with Crippen molar-refractivity contribution in [3.05, 3.63) is 28.4 Å². The van der Waals surface area contributed by atoms with Crippen molar-refractivity contribution in [2.75, 3.05) is 0 Å². The van der Waals surface area contributed by atoms with Gasteiger partial charge in [0.05, 0.1) is 17.0 Å². The van der Waals surface area contributed by atoms with Crippen LogP contribution in [0.1, 0.15) is 5.69 Å². The Kier molecular flexibility index (Phi) is 2.12. The number of nitrogens with zero attached hydrogens (tertiary/aromatic N) is 1. The van der Waals surface area contributed by atoms with E-state index in [1.54, 1.807) is 0 Å². The van der Waals surface area contributed by atoms with Crippen molar-refractivity contribution < 1.29 is 5.11 Å². The van der Waals surface area contributed by atoms with Gasteiger partial charge in [-0.1, -0.05) is 22.0 Å². The number of rotatable bonds is 1. The average Bonchev–Trinajstić information content (AvgIpc) is 2.49. The van der Waals surface area contributed by atoms with Gasteiger partial charge in [0, 0.05) is 9.86 Å². The number of aromatic nitrogens is 1. The summed E-state index contributed by atoms with van der Waals surface area (Å²) in [6.07, 6.45) is 0. The molecule has 0 aliphatic rings. The van der Waals surface area contributed by atoms with Crippen LogP contribution in [0.3, 0.4) is 0 Å². The monoisotopic (exact) mass is 243 g/mol. The SMILES string of the molecule is OCc1nsc2cccc(Br)c12. The minimum absolute atomic E-state index is 0.00259. The second kappa shape index (κ2) is 3.12. The van der Waals surface area contributed by atoms with Gasteiger partial charge >= 0.3 is 0 Å². The standard InChI is InChI=1S/C8H6BrNOS/c9-5-2-1-3-7-8(5)6(4-11)10-12-7/h1-3,11H,4H2. The molecule has 1 heterocycles. The molecule has 0 spiro atoms. The number of benzene rings is 1. The Balaban J connectivity index is 2.83. The molecule has 0 fully saturated rings. The van der Waals surface area contributed by atoms with Gasteiger partial charge in [-0.3, -0.25) is 0 Å². The maximum Gasteiger partial charge on any atom is 0.0886 e. The van der Waals surface area contributed by atoms with E-state index in [-0.39, 0.29) is 6.61 Å². The van der Waals surface area contributed by atoms with Crippen LogP contribution >= 0.6 is 27.5 Å². The highest BCUT2D eigenvalue weighted by Gasteiger charge is 2.06. The number of aliphatic hydroxyl groups excluding tert-OH is 1. The smallest absolute Gasteiger partial charge is 0.0886 e. The highest BCUT2D eigenvalue weighted by atomic mass is 79.9. The van der Waals surface area contributed by atoms with Crippen LogP contribution in [-0.4, -0.2) is 9.48 Å². The lowest BCUT2D eigenvalue weighted by atomic mass is 10.2. The molecule has 1 aromatic heterocycles. The molecule has 1 aromatic carbocycles. The highest BCUT2D eigenvalue weighted by Crippen LogP contribution is 2.29. The Bertz CT molecular complexity index is 412. The molecule has 0 unspecified atom stereocenters. The van der Waals surface area contributed by atoms with Gasteiger partial charge in [-0.15, -0.1) is 0 Å². The second-order valence-electron chi connectivity index (χ2n) is 2.40. The first-order chi connectivity index (χ1) is 5.83. The summed E-state index contributed by atoms with van der Waals surface area (Å²) in [4.78, 5) is 0. The van der Waals surface area contributed by atoms with Crippen molar-refractivity contribution >= 4 is 37.5 Å². The topological polar surface area (TPSA) is 33.1 Å². The summed E-state index contributed by atoms with van der Waals surface area (Å²) in [5.74, 6) is 0. The molecule has 0 aliphatic heterocycles. The molecule has 0 saturated carbocycles. The van der Waals surface area contributed by atoms with Gasteiger partial charge in [-0.25, -0.2) is 0 Å². The zero-order chi connectivity index (χ0) is 8.55. The molecule has 0 saturated heterocycles. The van der Waals surface area contributed by atoms with E-state index < -0.39 is 0 Å². The van der Waals surface area contributed by atoms with E-state index in [9.17, 15) is 0 Å². The summed E-state index contributed by atoms with van der Waals surface area (Å²) in [7, 11) is 0. The zero-order valence-corrected chi connectivity index (χ0v) is 8.52. The first-order valence-electron chi connectivity index (χ1n) is 3.46. The van der Waals surface area contributed by atoms with E-state index in [4.69, 9.17) is 5.11 Å². The van der Waals surface area contributed by atoms with Crippen molar-refractivity contribution in [3.8, 4) is 0 Å². The third-order valence-electron chi connectivity index (χ3n) is 1.67. The molecule has 2 aromatic rings. The second-order valence-corrected chi connectivity index (χ2v) is 4.06. The lowest BCUT2D eigenvalue weighted by Crippen LogP contribution is -1.82. The molecule has 62 valence electrons. The summed E-state index contributed by atoms with van der Waals surface area (Å²) in [5, 5.41) is 10.0. The van der Waals surface area contributed by atoms with Crippen molar-refractivity contribution in [1.29, 1.82) is 0 Å². The van der Waals surface area contributed by atoms with E-state index in [0.717, 1.165) is 20.3 Å². The number of fused-ring (bicyclic) bond motifs is 1. The van der Waals surface area contributed by atoms with Crippen molar-refractivity contribution in [1.82, 2.24) is 4.37 Å². The van der Waals surface area contributed by atoms with Crippen LogP contribution in [-0.2, 0) is 6.61 Å². The molecular formula is C8H6BrNOS. The molecule has 12 heavy (non-hydrogen) atoms. The van der Waals surface area contributed by atoms with E-state index in [1.807, 2.05) is 18.2 Å². The maximum absolute atomic E-state index is 8.97. The van der Waals surface area contributed by atoms with Crippen molar-refractivity contribution in [2.45, 2.75) is 6.61 Å². The van der Waals surface area contributed by atoms with Crippen LogP contribution in [0, 0.1) is 0 Å². The average molecular weight is 244 g/mol. The fourth-order valence-corrected chi connectivity index (χ4v) is 2.66. The summed E-state index contributed by atoms with van der Waals surface area (Å²) in [6, 6.07) is 5.92. The Hall–Kier alpha value is -0.450. The van der Waals surface area contributed by atoms with Gasteiger partial charge in [0.2, 0.25) is 0 Å². The predicted molar refractivity (Wildman–Crippen MR) is 53.2 cm³/mol. The number of halogens is 1. The highest BCUT2D eigenvalue weighted by molar-refractivity contribution is 9.10. The molecule has 2 nitrogen and oxygen atoms in total. The minimum Gasteiger partial charge on any atom is -0.390 e. The molecule has 4 heteroatoms. The summed E-state index contributed by atoms with van der Waals surface area (Å²) >= 11 is 4.84. The van der Waals surface area contributed by atoms with Crippen LogP contribution in [0.15, 0.2) is 22.7 Å². The molecule has 0 aliphatic carbocycles. The molecule has 0 atom stereocenters. The molecule has 2 rings (SSSR count). The Labute approximate surface area is 82.1 Å². The normalized spacial score (nSPS) is 10.8. The van der Waals surface area contributed by atoms with Crippen molar-refractivity contribution in [3.63, 3.8) is 0 Å². The first kappa shape index (κ1) is 8.16. The molecule has 0 radical (unpaired) electrons. The number of hydrogen-bond donors (Lipinski definition) is 1. The van der Waals surface area contributed by atoms with E-state index in [0.29, 0.717) is 0 Å². The van der Waals surface area contributed by atoms with Crippen molar-refractivity contribution in [2.24, 2.45) is 0 Å². The molecular weight excluding hydrogens is 238 g/mol. The van der Waals surface area contributed by atoms with Crippen LogP contribution in [0.2, 0.25) is 0 Å². The summed E-state index contributed by atoms with van der Waals surface area (Å²) in [5.41, 5.74) is 0.752. The molecule has 1 N–H and O–H groups in total. The van der Waals surface area contributed by atoms with Gasteiger partial charge in [0.15, 0.2) is 0 Å².